The summed E-state index contributed by atoms with van der Waals surface area (Å²) in [5.41, 5.74) is 4.35. The number of aromatic nitrogens is 4. The summed E-state index contributed by atoms with van der Waals surface area (Å²) in [6, 6.07) is 10.5. The molecule has 1 aromatic carbocycles. The van der Waals surface area contributed by atoms with Crippen molar-refractivity contribution in [2.75, 3.05) is 5.32 Å². The van der Waals surface area contributed by atoms with Gasteiger partial charge in [-0.3, -0.25) is 4.40 Å². The summed E-state index contributed by atoms with van der Waals surface area (Å²) in [7, 11) is 0. The van der Waals surface area contributed by atoms with Crippen LogP contribution in [0.2, 0.25) is 0 Å². The Kier molecular flexibility index (Phi) is 2.30. The first kappa shape index (κ1) is 11.4. The van der Waals surface area contributed by atoms with Crippen LogP contribution in [0.1, 0.15) is 28.9 Å². The van der Waals surface area contributed by atoms with Gasteiger partial charge in [-0.1, -0.05) is 18.2 Å². The highest BCUT2D eigenvalue weighted by Gasteiger charge is 2.26. The third-order valence-corrected chi connectivity index (χ3v) is 3.80. The number of aryl methyl sites for hydroxylation is 2. The number of fused-ring (bicyclic) bond motifs is 2. The predicted octanol–water partition coefficient (Wildman–Crippen LogP) is 2.45. The smallest absolute Gasteiger partial charge is 0.164 e. The zero-order chi connectivity index (χ0) is 13.7. The second kappa shape index (κ2) is 4.03. The highest BCUT2D eigenvalue weighted by Crippen LogP contribution is 2.33. The Bertz CT molecular complexity index is 780. The van der Waals surface area contributed by atoms with Crippen LogP contribution < -0.4 is 5.32 Å². The van der Waals surface area contributed by atoms with Gasteiger partial charge in [0.2, 0.25) is 0 Å². The van der Waals surface area contributed by atoms with E-state index in [-0.39, 0.29) is 6.04 Å². The van der Waals surface area contributed by atoms with Crippen LogP contribution in [0.3, 0.4) is 0 Å². The molecule has 100 valence electrons. The van der Waals surface area contributed by atoms with Gasteiger partial charge in [0.05, 0.1) is 6.04 Å². The lowest BCUT2D eigenvalue weighted by Gasteiger charge is -2.10. The van der Waals surface area contributed by atoms with Crippen LogP contribution in [0.15, 0.2) is 30.3 Å². The zero-order valence-corrected chi connectivity index (χ0v) is 11.5. The molecule has 1 atom stereocenters. The van der Waals surface area contributed by atoms with Crippen molar-refractivity contribution < 1.29 is 0 Å². The van der Waals surface area contributed by atoms with Gasteiger partial charge in [0, 0.05) is 23.9 Å². The van der Waals surface area contributed by atoms with Crippen molar-refractivity contribution in [2.24, 2.45) is 0 Å². The SMILES string of the molecule is Cc1cc2nnc(C3Cc4ccccc4N3)n2c(C)n1. The third kappa shape index (κ3) is 1.59. The first-order valence-electron chi connectivity index (χ1n) is 6.76. The highest BCUT2D eigenvalue weighted by molar-refractivity contribution is 5.57. The van der Waals surface area contributed by atoms with E-state index in [1.54, 1.807) is 0 Å². The quantitative estimate of drug-likeness (QED) is 0.734. The Morgan fingerprint density at radius 2 is 2.05 bits per heavy atom. The summed E-state index contributed by atoms with van der Waals surface area (Å²) < 4.78 is 2.04. The van der Waals surface area contributed by atoms with Gasteiger partial charge in [0.15, 0.2) is 11.5 Å². The Morgan fingerprint density at radius 3 is 2.90 bits per heavy atom. The standard InChI is InChI=1S/C15H15N5/c1-9-7-14-18-19-15(20(14)10(2)16-9)13-8-11-5-3-4-6-12(11)17-13/h3-7,13,17H,8H2,1-2H3. The topological polar surface area (TPSA) is 55.1 Å². The number of nitrogens with one attached hydrogen (secondary N) is 1. The minimum Gasteiger partial charge on any atom is -0.375 e. The molecule has 0 radical (unpaired) electrons. The Balaban J connectivity index is 1.82. The van der Waals surface area contributed by atoms with Crippen LogP contribution in [0.4, 0.5) is 5.69 Å². The van der Waals surface area contributed by atoms with Crippen molar-refractivity contribution in [3.05, 3.63) is 53.2 Å². The number of benzene rings is 1. The number of para-hydroxylation sites is 1. The molecule has 5 heteroatoms. The molecule has 0 spiro atoms. The van der Waals surface area contributed by atoms with Crippen LogP contribution in [0.25, 0.3) is 5.65 Å². The van der Waals surface area contributed by atoms with Crippen LogP contribution >= 0.6 is 0 Å². The van der Waals surface area contributed by atoms with Crippen LogP contribution in [0, 0.1) is 13.8 Å². The van der Waals surface area contributed by atoms with Gasteiger partial charge in [-0.05, 0) is 25.5 Å². The molecule has 20 heavy (non-hydrogen) atoms. The molecule has 1 N–H and O–H groups in total. The van der Waals surface area contributed by atoms with Crippen molar-refractivity contribution >= 4 is 11.3 Å². The van der Waals surface area contributed by atoms with Crippen LogP contribution in [-0.2, 0) is 6.42 Å². The monoisotopic (exact) mass is 265 g/mol. The fraction of sp³-hybridized carbons (Fsp3) is 0.267. The molecule has 0 saturated carbocycles. The second-order valence-electron chi connectivity index (χ2n) is 5.25. The summed E-state index contributed by atoms with van der Waals surface area (Å²) in [6.07, 6.45) is 0.935. The van der Waals surface area contributed by atoms with Gasteiger partial charge >= 0.3 is 0 Å². The molecular weight excluding hydrogens is 250 g/mol. The summed E-state index contributed by atoms with van der Waals surface area (Å²) in [5.74, 6) is 1.86. The number of hydrogen-bond donors (Lipinski definition) is 1. The minimum absolute atomic E-state index is 0.158. The molecule has 1 aliphatic heterocycles. The first-order valence-corrected chi connectivity index (χ1v) is 6.76. The lowest BCUT2D eigenvalue weighted by atomic mass is 10.1. The van der Waals surface area contributed by atoms with E-state index in [0.717, 1.165) is 29.4 Å². The molecule has 0 saturated heterocycles. The van der Waals surface area contributed by atoms with E-state index in [9.17, 15) is 0 Å². The van der Waals surface area contributed by atoms with Crippen LogP contribution in [0.5, 0.6) is 0 Å². The molecule has 4 rings (SSSR count). The molecule has 3 heterocycles. The summed E-state index contributed by atoms with van der Waals surface area (Å²) in [5, 5.41) is 12.2. The molecule has 1 unspecified atom stereocenters. The van der Waals surface area contributed by atoms with Gasteiger partial charge in [-0.2, -0.15) is 0 Å². The maximum absolute atomic E-state index is 4.51. The molecule has 3 aromatic rings. The first-order chi connectivity index (χ1) is 9.72. The lowest BCUT2D eigenvalue weighted by Crippen LogP contribution is -2.12. The third-order valence-electron chi connectivity index (χ3n) is 3.80. The van der Waals surface area contributed by atoms with Gasteiger partial charge in [0.1, 0.15) is 5.82 Å². The van der Waals surface area contributed by atoms with Crippen LogP contribution in [-0.4, -0.2) is 19.6 Å². The summed E-state index contributed by atoms with van der Waals surface area (Å²) >= 11 is 0. The van der Waals surface area contributed by atoms with E-state index in [4.69, 9.17) is 0 Å². The second-order valence-corrected chi connectivity index (χ2v) is 5.25. The van der Waals surface area contributed by atoms with Crippen molar-refractivity contribution in [3.63, 3.8) is 0 Å². The maximum Gasteiger partial charge on any atom is 0.164 e. The van der Waals surface area contributed by atoms with Gasteiger partial charge in [0.25, 0.3) is 0 Å². The Hall–Kier alpha value is -2.43. The molecular formula is C15H15N5. The Morgan fingerprint density at radius 1 is 1.20 bits per heavy atom. The highest BCUT2D eigenvalue weighted by atomic mass is 15.3. The van der Waals surface area contributed by atoms with Gasteiger partial charge < -0.3 is 5.32 Å². The maximum atomic E-state index is 4.51. The predicted molar refractivity (Wildman–Crippen MR) is 76.8 cm³/mol. The molecule has 5 nitrogen and oxygen atoms in total. The fourth-order valence-corrected chi connectivity index (χ4v) is 2.94. The summed E-state index contributed by atoms with van der Waals surface area (Å²) in [6.45, 7) is 3.97. The van der Waals surface area contributed by atoms with Crippen molar-refractivity contribution in [1.82, 2.24) is 19.6 Å². The summed E-state index contributed by atoms with van der Waals surface area (Å²) in [4.78, 5) is 4.51. The van der Waals surface area contributed by atoms with E-state index >= 15 is 0 Å². The largest absolute Gasteiger partial charge is 0.375 e. The van der Waals surface area contributed by atoms with E-state index in [2.05, 4.69) is 38.7 Å². The van der Waals surface area contributed by atoms with Gasteiger partial charge in [-0.15, -0.1) is 10.2 Å². The molecule has 1 aliphatic rings. The van der Waals surface area contributed by atoms with Crippen molar-refractivity contribution in [2.45, 2.75) is 26.3 Å². The average molecular weight is 265 g/mol. The molecule has 2 aromatic heterocycles. The van der Waals surface area contributed by atoms with E-state index in [0.29, 0.717) is 0 Å². The lowest BCUT2D eigenvalue weighted by molar-refractivity contribution is 0.721. The number of hydrogen-bond acceptors (Lipinski definition) is 4. The normalized spacial score (nSPS) is 17.2. The number of nitrogens with zero attached hydrogens (tertiary/aromatic N) is 4. The number of anilines is 1. The molecule has 0 aliphatic carbocycles. The molecule has 0 bridgehead atoms. The Labute approximate surface area is 116 Å². The van der Waals surface area contributed by atoms with Crippen molar-refractivity contribution in [3.8, 4) is 0 Å². The van der Waals surface area contributed by atoms with Crippen molar-refractivity contribution in [1.29, 1.82) is 0 Å². The minimum atomic E-state index is 0.158. The van der Waals surface area contributed by atoms with Gasteiger partial charge in [-0.25, -0.2) is 4.98 Å². The molecule has 0 amide bonds. The van der Waals surface area contributed by atoms with E-state index < -0.39 is 0 Å². The van der Waals surface area contributed by atoms with E-state index in [1.807, 2.05) is 30.4 Å². The number of rotatable bonds is 1. The zero-order valence-electron chi connectivity index (χ0n) is 11.5. The average Bonchev–Trinajstić information content (AvgIpc) is 3.00. The fourth-order valence-electron chi connectivity index (χ4n) is 2.94. The van der Waals surface area contributed by atoms with E-state index in [1.165, 1.54) is 11.3 Å². The molecule has 0 fully saturated rings.